The van der Waals surface area contributed by atoms with Crippen molar-refractivity contribution in [2.45, 2.75) is 11.8 Å². The number of hydrogen-bond acceptors (Lipinski definition) is 2. The fourth-order valence-corrected chi connectivity index (χ4v) is 5.31. The molecule has 5 aromatic rings. The maximum atomic E-state index is 3.74. The summed E-state index contributed by atoms with van der Waals surface area (Å²) < 4.78 is 0. The molecule has 1 N–H and O–H groups in total. The molecule has 5 aromatic carbocycles. The zero-order valence-electron chi connectivity index (χ0n) is 21.2. The van der Waals surface area contributed by atoms with Crippen LogP contribution in [0.3, 0.4) is 0 Å². The average molecular weight is 491 g/mol. The third-order valence-corrected chi connectivity index (χ3v) is 7.22. The summed E-state index contributed by atoms with van der Waals surface area (Å²) in [4.78, 5) is 2.30. The monoisotopic (exact) mass is 490 g/mol. The van der Waals surface area contributed by atoms with E-state index in [1.807, 2.05) is 0 Å². The van der Waals surface area contributed by atoms with Gasteiger partial charge in [-0.05, 0) is 60.0 Å². The molecule has 0 heterocycles. The summed E-state index contributed by atoms with van der Waals surface area (Å²) in [7, 11) is 0. The van der Waals surface area contributed by atoms with Gasteiger partial charge in [0.25, 0.3) is 0 Å². The van der Waals surface area contributed by atoms with Crippen LogP contribution in [-0.4, -0.2) is 0 Å². The van der Waals surface area contributed by atoms with Crippen LogP contribution in [0.15, 0.2) is 170 Å². The highest BCUT2D eigenvalue weighted by atomic mass is 15.2. The van der Waals surface area contributed by atoms with Crippen molar-refractivity contribution in [2.75, 3.05) is 10.2 Å². The van der Waals surface area contributed by atoms with Crippen molar-refractivity contribution in [2.24, 2.45) is 0 Å². The van der Waals surface area contributed by atoms with E-state index in [2.05, 4.69) is 174 Å². The summed E-state index contributed by atoms with van der Waals surface area (Å²) in [5, 5.41) is 3.74. The minimum Gasteiger partial charge on any atom is -0.354 e. The summed E-state index contributed by atoms with van der Waals surface area (Å²) in [6.07, 6.45) is 7.79. The average Bonchev–Trinajstić information content (AvgIpc) is 3.01. The van der Waals surface area contributed by atoms with Crippen molar-refractivity contribution in [3.05, 3.63) is 181 Å². The standard InChI is InChI=1S/C36H30N2/c1-5-15-29(16-6-1)36(30-17-7-2-8-18-30)27-25-31(26-28-36)37-34-23-13-14-24-35(34)38(32-19-9-3-10-20-32)33-21-11-4-12-22-33/h1-27,37H,28H2. The molecule has 38 heavy (non-hydrogen) atoms. The lowest BCUT2D eigenvalue weighted by atomic mass is 9.70. The lowest BCUT2D eigenvalue weighted by molar-refractivity contribution is 0.644. The molecule has 1 aliphatic rings. The van der Waals surface area contributed by atoms with Crippen LogP contribution in [0, 0.1) is 0 Å². The summed E-state index contributed by atoms with van der Waals surface area (Å²) in [6, 6.07) is 51.2. The van der Waals surface area contributed by atoms with E-state index in [1.54, 1.807) is 0 Å². The summed E-state index contributed by atoms with van der Waals surface area (Å²) in [5.74, 6) is 0. The fraction of sp³-hybridized carbons (Fsp3) is 0.0556. The molecule has 2 heteroatoms. The molecule has 0 atom stereocenters. The Hall–Kier alpha value is -4.82. The molecule has 0 radical (unpaired) electrons. The first-order valence-electron chi connectivity index (χ1n) is 13.1. The van der Waals surface area contributed by atoms with Gasteiger partial charge in [0.1, 0.15) is 0 Å². The zero-order chi connectivity index (χ0) is 25.6. The number of benzene rings is 5. The Morgan fingerprint density at radius 3 is 1.50 bits per heavy atom. The van der Waals surface area contributed by atoms with Crippen molar-refractivity contribution < 1.29 is 0 Å². The van der Waals surface area contributed by atoms with Gasteiger partial charge in [-0.25, -0.2) is 0 Å². The van der Waals surface area contributed by atoms with E-state index in [4.69, 9.17) is 0 Å². The normalized spacial score (nSPS) is 13.9. The summed E-state index contributed by atoms with van der Waals surface area (Å²) in [5.41, 5.74) is 7.91. The van der Waals surface area contributed by atoms with Crippen molar-refractivity contribution in [3.63, 3.8) is 0 Å². The second-order valence-corrected chi connectivity index (χ2v) is 9.55. The van der Waals surface area contributed by atoms with Gasteiger partial charge in [0, 0.05) is 22.5 Å². The number of nitrogens with one attached hydrogen (secondary N) is 1. The van der Waals surface area contributed by atoms with Crippen LogP contribution in [0.2, 0.25) is 0 Å². The lowest BCUT2D eigenvalue weighted by Gasteiger charge is -2.34. The maximum absolute atomic E-state index is 3.74. The zero-order valence-corrected chi connectivity index (χ0v) is 21.2. The van der Waals surface area contributed by atoms with Crippen molar-refractivity contribution in [1.29, 1.82) is 0 Å². The summed E-state index contributed by atoms with van der Waals surface area (Å²) >= 11 is 0. The molecule has 0 aliphatic heterocycles. The van der Waals surface area contributed by atoms with Gasteiger partial charge in [-0.15, -0.1) is 0 Å². The molecule has 0 saturated heterocycles. The molecular weight excluding hydrogens is 460 g/mol. The predicted octanol–water partition coefficient (Wildman–Crippen LogP) is 9.40. The Balaban J connectivity index is 1.35. The first-order valence-corrected chi connectivity index (χ1v) is 13.1. The molecule has 0 aromatic heterocycles. The lowest BCUT2D eigenvalue weighted by Crippen LogP contribution is -2.27. The first kappa shape index (κ1) is 23.6. The van der Waals surface area contributed by atoms with E-state index in [1.165, 1.54) is 11.1 Å². The minimum atomic E-state index is -0.187. The van der Waals surface area contributed by atoms with Crippen molar-refractivity contribution in [3.8, 4) is 0 Å². The predicted molar refractivity (Wildman–Crippen MR) is 160 cm³/mol. The first-order chi connectivity index (χ1) is 18.8. The Morgan fingerprint density at radius 1 is 0.526 bits per heavy atom. The van der Waals surface area contributed by atoms with Crippen molar-refractivity contribution >= 4 is 22.7 Å². The molecule has 0 amide bonds. The third-order valence-electron chi connectivity index (χ3n) is 7.22. The van der Waals surface area contributed by atoms with Gasteiger partial charge in [-0.2, -0.15) is 0 Å². The van der Waals surface area contributed by atoms with E-state index in [-0.39, 0.29) is 5.41 Å². The smallest absolute Gasteiger partial charge is 0.0696 e. The molecule has 0 bridgehead atoms. The van der Waals surface area contributed by atoms with E-state index in [0.717, 1.165) is 34.9 Å². The van der Waals surface area contributed by atoms with Crippen LogP contribution in [-0.2, 0) is 5.41 Å². The van der Waals surface area contributed by atoms with Gasteiger partial charge in [-0.3, -0.25) is 0 Å². The van der Waals surface area contributed by atoms with Crippen LogP contribution >= 0.6 is 0 Å². The van der Waals surface area contributed by atoms with Gasteiger partial charge in [0.2, 0.25) is 0 Å². The van der Waals surface area contributed by atoms with Crippen molar-refractivity contribution in [1.82, 2.24) is 0 Å². The molecule has 6 rings (SSSR count). The Kier molecular flexibility index (Phi) is 6.61. The Bertz CT molecular complexity index is 1460. The highest BCUT2D eigenvalue weighted by molar-refractivity contribution is 5.85. The van der Waals surface area contributed by atoms with Gasteiger partial charge >= 0.3 is 0 Å². The van der Waals surface area contributed by atoms with Gasteiger partial charge < -0.3 is 10.2 Å². The van der Waals surface area contributed by atoms with Gasteiger partial charge in [0.05, 0.1) is 11.4 Å². The number of hydrogen-bond donors (Lipinski definition) is 1. The molecule has 0 spiro atoms. The number of anilines is 4. The van der Waals surface area contributed by atoms with E-state index in [9.17, 15) is 0 Å². The quantitative estimate of drug-likeness (QED) is 0.244. The van der Waals surface area contributed by atoms with E-state index in [0.29, 0.717) is 0 Å². The molecule has 1 aliphatic carbocycles. The molecule has 2 nitrogen and oxygen atoms in total. The van der Waals surface area contributed by atoms with E-state index < -0.39 is 0 Å². The Morgan fingerprint density at radius 2 is 1.00 bits per heavy atom. The van der Waals surface area contributed by atoms with E-state index >= 15 is 0 Å². The molecular formula is C36H30N2. The van der Waals surface area contributed by atoms with Gasteiger partial charge in [0.15, 0.2) is 0 Å². The second-order valence-electron chi connectivity index (χ2n) is 9.55. The third kappa shape index (κ3) is 4.65. The minimum absolute atomic E-state index is 0.187. The number of nitrogens with zero attached hydrogens (tertiary/aromatic N) is 1. The Labute approximate surface area is 225 Å². The molecule has 0 saturated carbocycles. The van der Waals surface area contributed by atoms with Gasteiger partial charge in [-0.1, -0.05) is 121 Å². The maximum Gasteiger partial charge on any atom is 0.0696 e. The van der Waals surface area contributed by atoms with Crippen LogP contribution in [0.1, 0.15) is 17.5 Å². The van der Waals surface area contributed by atoms with Crippen LogP contribution in [0.4, 0.5) is 22.7 Å². The number of para-hydroxylation sites is 4. The summed E-state index contributed by atoms with van der Waals surface area (Å²) in [6.45, 7) is 0. The van der Waals surface area contributed by atoms with Crippen LogP contribution in [0.25, 0.3) is 0 Å². The number of allylic oxidation sites excluding steroid dienone is 3. The molecule has 0 fully saturated rings. The van der Waals surface area contributed by atoms with Crippen LogP contribution < -0.4 is 10.2 Å². The second kappa shape index (κ2) is 10.7. The van der Waals surface area contributed by atoms with Crippen LogP contribution in [0.5, 0.6) is 0 Å². The molecule has 0 unspecified atom stereocenters. The molecule has 184 valence electrons. The SMILES string of the molecule is C1=CC(c2ccccc2)(c2ccccc2)CC=C1Nc1ccccc1N(c1ccccc1)c1ccccc1. The topological polar surface area (TPSA) is 15.3 Å². The highest BCUT2D eigenvalue weighted by Crippen LogP contribution is 2.42. The number of rotatable bonds is 7. The fourth-order valence-electron chi connectivity index (χ4n) is 5.31. The highest BCUT2D eigenvalue weighted by Gasteiger charge is 2.32. The largest absolute Gasteiger partial charge is 0.354 e.